The van der Waals surface area contributed by atoms with Crippen LogP contribution in [0.15, 0.2) is 18.2 Å². The van der Waals surface area contributed by atoms with E-state index >= 15 is 0 Å². The first-order valence-electron chi connectivity index (χ1n) is 6.67. The molecule has 2 rings (SSSR count). The van der Waals surface area contributed by atoms with Gasteiger partial charge in [-0.25, -0.2) is 4.39 Å². The fourth-order valence-corrected chi connectivity index (χ4v) is 2.43. The van der Waals surface area contributed by atoms with E-state index in [2.05, 4.69) is 0 Å². The first-order valence-corrected chi connectivity index (χ1v) is 6.67. The number of hydrogen-bond acceptors (Lipinski definition) is 2. The van der Waals surface area contributed by atoms with Gasteiger partial charge in [0, 0.05) is 20.2 Å². The van der Waals surface area contributed by atoms with E-state index < -0.39 is 5.82 Å². The number of halogens is 1. The van der Waals surface area contributed by atoms with Crippen molar-refractivity contribution in [3.63, 3.8) is 0 Å². The largest absolute Gasteiger partial charge is 0.381 e. The number of amides is 1. The van der Waals surface area contributed by atoms with Gasteiger partial charge < -0.3 is 9.64 Å². The Morgan fingerprint density at radius 1 is 1.53 bits per heavy atom. The van der Waals surface area contributed by atoms with Gasteiger partial charge in [0.15, 0.2) is 0 Å². The Labute approximate surface area is 113 Å². The molecule has 1 aromatic carbocycles. The van der Waals surface area contributed by atoms with E-state index in [1.165, 1.54) is 6.07 Å². The van der Waals surface area contributed by atoms with E-state index in [1.54, 1.807) is 24.1 Å². The lowest BCUT2D eigenvalue weighted by Crippen LogP contribution is -2.35. The smallest absolute Gasteiger partial charge is 0.256 e. The summed E-state index contributed by atoms with van der Waals surface area (Å²) in [7, 11) is 1.72. The molecule has 0 N–H and O–H groups in total. The topological polar surface area (TPSA) is 29.5 Å². The molecule has 0 aliphatic carbocycles. The first kappa shape index (κ1) is 14.0. The highest BCUT2D eigenvalue weighted by atomic mass is 19.1. The van der Waals surface area contributed by atoms with Crippen molar-refractivity contribution in [2.45, 2.75) is 19.8 Å². The highest BCUT2D eigenvalue weighted by Crippen LogP contribution is 2.17. The number of carbonyl (C=O) groups is 1. The van der Waals surface area contributed by atoms with Crippen molar-refractivity contribution in [2.75, 3.05) is 26.8 Å². The number of ether oxygens (including phenoxy) is 1. The van der Waals surface area contributed by atoms with Gasteiger partial charge in [-0.15, -0.1) is 0 Å². The zero-order valence-corrected chi connectivity index (χ0v) is 11.5. The summed E-state index contributed by atoms with van der Waals surface area (Å²) in [5.41, 5.74) is 1.04. The molecule has 1 atom stereocenters. The zero-order chi connectivity index (χ0) is 13.8. The molecule has 0 bridgehead atoms. The minimum Gasteiger partial charge on any atom is -0.381 e. The molecule has 1 saturated heterocycles. The molecule has 0 saturated carbocycles. The van der Waals surface area contributed by atoms with Crippen molar-refractivity contribution in [3.8, 4) is 0 Å². The maximum Gasteiger partial charge on any atom is 0.256 e. The highest BCUT2D eigenvalue weighted by Gasteiger charge is 2.21. The molecule has 0 aromatic heterocycles. The number of hydrogen-bond donors (Lipinski definition) is 0. The van der Waals surface area contributed by atoms with Crippen LogP contribution in [0.1, 0.15) is 28.8 Å². The number of rotatable bonds is 3. The Balaban J connectivity index is 2.03. The predicted octanol–water partition coefficient (Wildman–Crippen LogP) is 2.63. The van der Waals surface area contributed by atoms with Crippen molar-refractivity contribution < 1.29 is 13.9 Å². The Kier molecular flexibility index (Phi) is 4.53. The lowest BCUT2D eigenvalue weighted by Gasteiger charge is -2.27. The van der Waals surface area contributed by atoms with Gasteiger partial charge in [0.25, 0.3) is 5.91 Å². The van der Waals surface area contributed by atoms with Gasteiger partial charge in [-0.1, -0.05) is 11.6 Å². The van der Waals surface area contributed by atoms with Crippen LogP contribution >= 0.6 is 0 Å². The van der Waals surface area contributed by atoms with Crippen LogP contribution in [0.5, 0.6) is 0 Å². The van der Waals surface area contributed by atoms with E-state index in [4.69, 9.17) is 4.74 Å². The number of carbonyl (C=O) groups excluding carboxylic acids is 1. The summed E-state index contributed by atoms with van der Waals surface area (Å²) in [4.78, 5) is 13.8. The van der Waals surface area contributed by atoms with Crippen molar-refractivity contribution in [2.24, 2.45) is 5.92 Å². The summed E-state index contributed by atoms with van der Waals surface area (Å²) in [6.07, 6.45) is 2.10. The summed E-state index contributed by atoms with van der Waals surface area (Å²) >= 11 is 0. The predicted molar refractivity (Wildman–Crippen MR) is 71.6 cm³/mol. The standard InChI is InChI=1S/C15H20FNO2/c1-11-5-6-14(16)13(8-11)15(18)17(2)9-12-4-3-7-19-10-12/h5-6,8,12H,3-4,7,9-10H2,1-2H3. The van der Waals surface area contributed by atoms with E-state index in [-0.39, 0.29) is 11.5 Å². The quantitative estimate of drug-likeness (QED) is 0.841. The van der Waals surface area contributed by atoms with Crippen LogP contribution < -0.4 is 0 Å². The molecular formula is C15H20FNO2. The Bertz CT molecular complexity index is 455. The Morgan fingerprint density at radius 3 is 3.00 bits per heavy atom. The minimum absolute atomic E-state index is 0.152. The summed E-state index contributed by atoms with van der Waals surface area (Å²) in [6, 6.07) is 4.62. The third-order valence-electron chi connectivity index (χ3n) is 3.49. The minimum atomic E-state index is -0.456. The van der Waals surface area contributed by atoms with Gasteiger partial charge in [-0.2, -0.15) is 0 Å². The zero-order valence-electron chi connectivity index (χ0n) is 11.5. The van der Waals surface area contributed by atoms with Crippen molar-refractivity contribution >= 4 is 5.91 Å². The van der Waals surface area contributed by atoms with Crippen LogP contribution in [0.25, 0.3) is 0 Å². The van der Waals surface area contributed by atoms with Crippen LogP contribution in [-0.4, -0.2) is 37.6 Å². The van der Waals surface area contributed by atoms with Crippen LogP contribution in [0.2, 0.25) is 0 Å². The van der Waals surface area contributed by atoms with Gasteiger partial charge in [0.2, 0.25) is 0 Å². The van der Waals surface area contributed by atoms with E-state index in [1.807, 2.05) is 6.92 Å². The molecule has 0 radical (unpaired) electrons. The SMILES string of the molecule is Cc1ccc(F)c(C(=O)N(C)CC2CCCOC2)c1. The van der Waals surface area contributed by atoms with Gasteiger partial charge >= 0.3 is 0 Å². The molecule has 0 spiro atoms. The van der Waals surface area contributed by atoms with Gasteiger partial charge in [-0.3, -0.25) is 4.79 Å². The maximum atomic E-state index is 13.7. The van der Waals surface area contributed by atoms with E-state index in [9.17, 15) is 9.18 Å². The molecular weight excluding hydrogens is 245 g/mol. The molecule has 1 fully saturated rings. The molecule has 1 aromatic rings. The Morgan fingerprint density at radius 2 is 2.32 bits per heavy atom. The van der Waals surface area contributed by atoms with Crippen LogP contribution in [0.4, 0.5) is 4.39 Å². The number of nitrogens with zero attached hydrogens (tertiary/aromatic N) is 1. The second-order valence-corrected chi connectivity index (χ2v) is 5.25. The lowest BCUT2D eigenvalue weighted by atomic mass is 10.0. The average molecular weight is 265 g/mol. The van der Waals surface area contributed by atoms with E-state index in [0.717, 1.165) is 25.0 Å². The summed E-state index contributed by atoms with van der Waals surface area (Å²) < 4.78 is 19.1. The summed E-state index contributed by atoms with van der Waals surface area (Å²) in [5.74, 6) is -0.357. The number of benzene rings is 1. The first-order chi connectivity index (χ1) is 9.08. The summed E-state index contributed by atoms with van der Waals surface area (Å²) in [5, 5.41) is 0. The van der Waals surface area contributed by atoms with Crippen LogP contribution in [0, 0.1) is 18.7 Å². The molecule has 1 aliphatic rings. The lowest BCUT2D eigenvalue weighted by molar-refractivity contribution is 0.0387. The molecule has 104 valence electrons. The number of aryl methyl sites for hydroxylation is 1. The molecule has 1 aliphatic heterocycles. The third kappa shape index (κ3) is 3.53. The van der Waals surface area contributed by atoms with Gasteiger partial charge in [-0.05, 0) is 37.8 Å². The Hall–Kier alpha value is -1.42. The molecule has 1 amide bonds. The van der Waals surface area contributed by atoms with Crippen molar-refractivity contribution in [3.05, 3.63) is 35.1 Å². The summed E-state index contributed by atoms with van der Waals surface area (Å²) in [6.45, 7) is 3.96. The van der Waals surface area contributed by atoms with Gasteiger partial charge in [0.05, 0.1) is 12.2 Å². The fraction of sp³-hybridized carbons (Fsp3) is 0.533. The normalized spacial score (nSPS) is 19.2. The fourth-order valence-electron chi connectivity index (χ4n) is 2.43. The average Bonchev–Trinajstić information content (AvgIpc) is 2.42. The molecule has 4 heteroatoms. The second-order valence-electron chi connectivity index (χ2n) is 5.25. The maximum absolute atomic E-state index is 13.7. The molecule has 1 heterocycles. The molecule has 19 heavy (non-hydrogen) atoms. The monoisotopic (exact) mass is 265 g/mol. The van der Waals surface area contributed by atoms with Crippen molar-refractivity contribution in [1.29, 1.82) is 0 Å². The van der Waals surface area contributed by atoms with Crippen molar-refractivity contribution in [1.82, 2.24) is 4.90 Å². The van der Waals surface area contributed by atoms with Crippen LogP contribution in [0.3, 0.4) is 0 Å². The van der Waals surface area contributed by atoms with E-state index in [0.29, 0.717) is 19.1 Å². The molecule has 3 nitrogen and oxygen atoms in total. The van der Waals surface area contributed by atoms with Gasteiger partial charge in [0.1, 0.15) is 5.82 Å². The second kappa shape index (κ2) is 6.15. The van der Waals surface area contributed by atoms with Crippen LogP contribution in [-0.2, 0) is 4.74 Å². The third-order valence-corrected chi connectivity index (χ3v) is 3.49. The molecule has 1 unspecified atom stereocenters. The highest BCUT2D eigenvalue weighted by molar-refractivity contribution is 5.94.